The average molecular weight is 494 g/mol. The van der Waals surface area contributed by atoms with Gasteiger partial charge < -0.3 is 15.4 Å². The monoisotopic (exact) mass is 493 g/mol. The lowest BCUT2D eigenvalue weighted by molar-refractivity contribution is -0.118. The Kier molecular flexibility index (Phi) is 8.69. The van der Waals surface area contributed by atoms with Crippen LogP contribution in [0.3, 0.4) is 0 Å². The van der Waals surface area contributed by atoms with Gasteiger partial charge in [0.15, 0.2) is 6.61 Å². The number of carbonyl (C=O) groups excluding carboxylic acids is 2. The molecule has 0 fully saturated rings. The summed E-state index contributed by atoms with van der Waals surface area (Å²) in [6.07, 6.45) is 1.37. The number of ether oxygens (including phenoxy) is 1. The molecular weight excluding hydrogens is 473 g/mol. The SMILES string of the molecule is Cc1ccc(NC(=O)COc2ccc(Cl)cc2/C=C(\C#N)C(=O)NCc2ccccc2)cc1Cl. The van der Waals surface area contributed by atoms with Crippen LogP contribution in [0.1, 0.15) is 16.7 Å². The average Bonchev–Trinajstić information content (AvgIpc) is 2.83. The minimum Gasteiger partial charge on any atom is -0.483 e. The van der Waals surface area contributed by atoms with E-state index in [2.05, 4.69) is 10.6 Å². The van der Waals surface area contributed by atoms with E-state index in [1.165, 1.54) is 6.08 Å². The van der Waals surface area contributed by atoms with E-state index in [0.29, 0.717) is 27.0 Å². The standard InChI is InChI=1S/C26H21Cl2N3O3/c1-17-7-9-22(13-23(17)28)31-25(32)16-34-24-10-8-21(27)12-19(24)11-20(14-29)26(33)30-15-18-5-3-2-4-6-18/h2-13H,15-16H2,1H3,(H,30,33)(H,31,32)/b20-11+. The Balaban J connectivity index is 1.69. The van der Waals surface area contributed by atoms with Crippen molar-refractivity contribution >= 4 is 46.8 Å². The summed E-state index contributed by atoms with van der Waals surface area (Å²) in [6, 6.07) is 21.1. The van der Waals surface area contributed by atoms with E-state index in [4.69, 9.17) is 27.9 Å². The van der Waals surface area contributed by atoms with Crippen LogP contribution in [0.25, 0.3) is 6.08 Å². The van der Waals surface area contributed by atoms with Gasteiger partial charge in [-0.05, 0) is 54.5 Å². The highest BCUT2D eigenvalue weighted by atomic mass is 35.5. The maximum atomic E-state index is 12.5. The second kappa shape index (κ2) is 11.9. The van der Waals surface area contributed by atoms with Crippen molar-refractivity contribution in [3.63, 3.8) is 0 Å². The van der Waals surface area contributed by atoms with Gasteiger partial charge in [0.2, 0.25) is 0 Å². The van der Waals surface area contributed by atoms with Crippen molar-refractivity contribution in [2.75, 3.05) is 11.9 Å². The van der Waals surface area contributed by atoms with Gasteiger partial charge >= 0.3 is 0 Å². The quantitative estimate of drug-likeness (QED) is 0.318. The van der Waals surface area contributed by atoms with E-state index >= 15 is 0 Å². The predicted octanol–water partition coefficient (Wildman–Crippen LogP) is 5.54. The molecule has 0 heterocycles. The zero-order valence-corrected chi connectivity index (χ0v) is 19.8. The molecule has 3 aromatic carbocycles. The zero-order chi connectivity index (χ0) is 24.5. The molecule has 0 aromatic heterocycles. The van der Waals surface area contributed by atoms with E-state index < -0.39 is 11.8 Å². The normalized spacial score (nSPS) is 10.8. The first-order chi connectivity index (χ1) is 16.4. The Morgan fingerprint density at radius 3 is 2.53 bits per heavy atom. The van der Waals surface area contributed by atoms with Gasteiger partial charge in [0.25, 0.3) is 11.8 Å². The lowest BCUT2D eigenvalue weighted by Gasteiger charge is -2.11. The number of nitriles is 1. The Bertz CT molecular complexity index is 1270. The summed E-state index contributed by atoms with van der Waals surface area (Å²) in [5.41, 5.74) is 2.62. The van der Waals surface area contributed by atoms with Crippen LogP contribution in [0, 0.1) is 18.3 Å². The number of hydrogen-bond acceptors (Lipinski definition) is 4. The zero-order valence-electron chi connectivity index (χ0n) is 18.3. The Morgan fingerprint density at radius 2 is 1.82 bits per heavy atom. The van der Waals surface area contributed by atoms with Gasteiger partial charge in [-0.1, -0.05) is 59.6 Å². The smallest absolute Gasteiger partial charge is 0.262 e. The van der Waals surface area contributed by atoms with Crippen LogP contribution >= 0.6 is 23.2 Å². The predicted molar refractivity (Wildman–Crippen MR) is 134 cm³/mol. The molecule has 0 aliphatic heterocycles. The maximum Gasteiger partial charge on any atom is 0.262 e. The van der Waals surface area contributed by atoms with E-state index in [1.807, 2.05) is 43.3 Å². The van der Waals surface area contributed by atoms with Crippen LogP contribution in [-0.2, 0) is 16.1 Å². The van der Waals surface area contributed by atoms with E-state index in [9.17, 15) is 14.9 Å². The van der Waals surface area contributed by atoms with Crippen molar-refractivity contribution in [3.8, 4) is 11.8 Å². The van der Waals surface area contributed by atoms with E-state index in [-0.39, 0.29) is 18.7 Å². The van der Waals surface area contributed by atoms with E-state index in [1.54, 1.807) is 36.4 Å². The van der Waals surface area contributed by atoms with Gasteiger partial charge in [-0.25, -0.2) is 0 Å². The number of halogens is 2. The van der Waals surface area contributed by atoms with Crippen molar-refractivity contribution in [2.24, 2.45) is 0 Å². The van der Waals surface area contributed by atoms with Crippen molar-refractivity contribution in [1.82, 2.24) is 5.32 Å². The van der Waals surface area contributed by atoms with Crippen LogP contribution in [-0.4, -0.2) is 18.4 Å². The number of nitrogens with zero attached hydrogens (tertiary/aromatic N) is 1. The van der Waals surface area contributed by atoms with Gasteiger partial charge in [0.05, 0.1) is 0 Å². The molecule has 8 heteroatoms. The maximum absolute atomic E-state index is 12.5. The fourth-order valence-corrected chi connectivity index (χ4v) is 3.31. The molecule has 0 aliphatic rings. The summed E-state index contributed by atoms with van der Waals surface area (Å²) < 4.78 is 5.65. The van der Waals surface area contributed by atoms with Gasteiger partial charge in [-0.2, -0.15) is 5.26 Å². The molecule has 3 aromatic rings. The van der Waals surface area contributed by atoms with Gasteiger partial charge in [-0.3, -0.25) is 9.59 Å². The molecule has 172 valence electrons. The van der Waals surface area contributed by atoms with Crippen molar-refractivity contribution < 1.29 is 14.3 Å². The molecule has 0 saturated carbocycles. The largest absolute Gasteiger partial charge is 0.483 e. The summed E-state index contributed by atoms with van der Waals surface area (Å²) in [5.74, 6) is -0.637. The molecule has 34 heavy (non-hydrogen) atoms. The highest BCUT2D eigenvalue weighted by Crippen LogP contribution is 2.26. The van der Waals surface area contributed by atoms with Crippen LogP contribution in [0.5, 0.6) is 5.75 Å². The number of hydrogen-bond donors (Lipinski definition) is 2. The second-order valence-corrected chi connectivity index (χ2v) is 8.16. The summed E-state index contributed by atoms with van der Waals surface area (Å²) in [4.78, 5) is 24.8. The van der Waals surface area contributed by atoms with Crippen molar-refractivity contribution in [2.45, 2.75) is 13.5 Å². The molecule has 3 rings (SSSR count). The van der Waals surface area contributed by atoms with Crippen LogP contribution in [0.2, 0.25) is 10.0 Å². The fourth-order valence-electron chi connectivity index (χ4n) is 2.95. The molecule has 0 aliphatic carbocycles. The Labute approximate surface area is 207 Å². The molecule has 6 nitrogen and oxygen atoms in total. The van der Waals surface area contributed by atoms with Crippen molar-refractivity contribution in [1.29, 1.82) is 5.26 Å². The topological polar surface area (TPSA) is 91.2 Å². The van der Waals surface area contributed by atoms with Crippen LogP contribution < -0.4 is 15.4 Å². The first-order valence-corrected chi connectivity index (χ1v) is 11.0. The molecule has 0 radical (unpaired) electrons. The number of amides is 2. The third-order valence-electron chi connectivity index (χ3n) is 4.75. The summed E-state index contributed by atoms with van der Waals surface area (Å²) in [6.45, 7) is 1.85. The summed E-state index contributed by atoms with van der Waals surface area (Å²) in [5, 5.41) is 15.9. The first kappa shape index (κ1) is 24.8. The third kappa shape index (κ3) is 7.11. The second-order valence-electron chi connectivity index (χ2n) is 7.32. The lowest BCUT2D eigenvalue weighted by atomic mass is 10.1. The van der Waals surface area contributed by atoms with Crippen molar-refractivity contribution in [3.05, 3.63) is 99.0 Å². The summed E-state index contributed by atoms with van der Waals surface area (Å²) in [7, 11) is 0. The van der Waals surface area contributed by atoms with Gasteiger partial charge in [0, 0.05) is 27.8 Å². The third-order valence-corrected chi connectivity index (χ3v) is 5.39. The van der Waals surface area contributed by atoms with Crippen LogP contribution in [0.4, 0.5) is 5.69 Å². The van der Waals surface area contributed by atoms with Gasteiger partial charge in [-0.15, -0.1) is 0 Å². The molecule has 2 amide bonds. The summed E-state index contributed by atoms with van der Waals surface area (Å²) >= 11 is 12.2. The lowest BCUT2D eigenvalue weighted by Crippen LogP contribution is -2.24. The number of benzene rings is 3. The molecule has 0 spiro atoms. The highest BCUT2D eigenvalue weighted by molar-refractivity contribution is 6.31. The minimum absolute atomic E-state index is 0.123. The molecular formula is C26H21Cl2N3O3. The Hall–Kier alpha value is -3.79. The van der Waals surface area contributed by atoms with Gasteiger partial charge in [0.1, 0.15) is 17.4 Å². The number of anilines is 1. The molecule has 0 atom stereocenters. The highest BCUT2D eigenvalue weighted by Gasteiger charge is 2.13. The molecule has 0 bridgehead atoms. The molecule has 0 unspecified atom stereocenters. The number of nitrogens with one attached hydrogen (secondary N) is 2. The number of carbonyl (C=O) groups is 2. The Morgan fingerprint density at radius 1 is 1.06 bits per heavy atom. The minimum atomic E-state index is -0.536. The van der Waals surface area contributed by atoms with E-state index in [0.717, 1.165) is 11.1 Å². The fraction of sp³-hybridized carbons (Fsp3) is 0.115. The number of rotatable bonds is 8. The van der Waals surface area contributed by atoms with Crippen LogP contribution in [0.15, 0.2) is 72.3 Å². The first-order valence-electron chi connectivity index (χ1n) is 10.3. The molecule has 0 saturated heterocycles. The number of aryl methyl sites for hydroxylation is 1. The molecule has 2 N–H and O–H groups in total.